The second-order valence-electron chi connectivity index (χ2n) is 7.64. The molecule has 1 saturated heterocycles. The van der Waals surface area contributed by atoms with Crippen molar-refractivity contribution < 1.29 is 22.7 Å². The van der Waals surface area contributed by atoms with Crippen LogP contribution in [-0.2, 0) is 14.6 Å². The first-order valence-electron chi connectivity index (χ1n) is 10.5. The van der Waals surface area contributed by atoms with Crippen molar-refractivity contribution in [2.75, 3.05) is 46.1 Å². The molecule has 1 aliphatic heterocycles. The maximum absolute atomic E-state index is 12.2. The van der Waals surface area contributed by atoms with Crippen molar-refractivity contribution in [1.29, 1.82) is 0 Å². The number of nitrogens with zero attached hydrogens (tertiary/aromatic N) is 2. The molecular weight excluding hydrogens is 406 g/mol. The maximum Gasteiger partial charge on any atom is 0.317 e. The van der Waals surface area contributed by atoms with E-state index in [4.69, 9.17) is 4.74 Å². The SMILES string of the molecule is CN(CCCOc1ccc(S(C)(=O)=O)cc1)C(=O)NCCC(=O)N1CCCCCC1. The molecular formula is C21H33N3O5S. The lowest BCUT2D eigenvalue weighted by Gasteiger charge is -2.21. The first-order chi connectivity index (χ1) is 14.3. The molecule has 0 aromatic heterocycles. The highest BCUT2D eigenvalue weighted by Crippen LogP contribution is 2.16. The molecule has 168 valence electrons. The van der Waals surface area contributed by atoms with E-state index in [1.807, 2.05) is 4.90 Å². The zero-order valence-corrected chi connectivity index (χ0v) is 18.7. The van der Waals surface area contributed by atoms with Crippen LogP contribution in [0.3, 0.4) is 0 Å². The smallest absolute Gasteiger partial charge is 0.317 e. The number of sulfone groups is 1. The van der Waals surface area contributed by atoms with Crippen LogP contribution in [0.1, 0.15) is 38.5 Å². The molecule has 0 saturated carbocycles. The molecule has 0 radical (unpaired) electrons. The number of hydrogen-bond acceptors (Lipinski definition) is 5. The zero-order valence-electron chi connectivity index (χ0n) is 17.9. The summed E-state index contributed by atoms with van der Waals surface area (Å²) in [4.78, 5) is 28.1. The van der Waals surface area contributed by atoms with Gasteiger partial charge in [-0.05, 0) is 43.5 Å². The van der Waals surface area contributed by atoms with Gasteiger partial charge in [0.25, 0.3) is 0 Å². The normalized spacial score (nSPS) is 14.7. The van der Waals surface area contributed by atoms with E-state index < -0.39 is 9.84 Å². The van der Waals surface area contributed by atoms with Gasteiger partial charge in [0.05, 0.1) is 11.5 Å². The number of carbonyl (C=O) groups is 2. The fraction of sp³-hybridized carbons (Fsp3) is 0.619. The van der Waals surface area contributed by atoms with Crippen LogP contribution in [0.15, 0.2) is 29.2 Å². The van der Waals surface area contributed by atoms with Gasteiger partial charge in [0, 0.05) is 45.9 Å². The molecule has 2 rings (SSSR count). The summed E-state index contributed by atoms with van der Waals surface area (Å²) in [6.45, 7) is 2.89. The maximum atomic E-state index is 12.2. The molecule has 1 aromatic carbocycles. The Balaban J connectivity index is 1.60. The van der Waals surface area contributed by atoms with Crippen molar-refractivity contribution >= 4 is 21.8 Å². The van der Waals surface area contributed by atoms with Gasteiger partial charge in [0.2, 0.25) is 5.91 Å². The van der Waals surface area contributed by atoms with Crippen molar-refractivity contribution in [2.45, 2.75) is 43.4 Å². The second-order valence-corrected chi connectivity index (χ2v) is 9.66. The minimum atomic E-state index is -3.22. The molecule has 1 heterocycles. The molecule has 0 aliphatic carbocycles. The first-order valence-corrected chi connectivity index (χ1v) is 12.4. The number of amides is 3. The summed E-state index contributed by atoms with van der Waals surface area (Å²) in [7, 11) is -1.52. The van der Waals surface area contributed by atoms with Crippen LogP contribution in [0.2, 0.25) is 0 Å². The topological polar surface area (TPSA) is 96.0 Å². The fourth-order valence-corrected chi connectivity index (χ4v) is 3.90. The number of urea groups is 1. The van der Waals surface area contributed by atoms with Crippen molar-refractivity contribution in [3.63, 3.8) is 0 Å². The van der Waals surface area contributed by atoms with Crippen LogP contribution < -0.4 is 10.1 Å². The van der Waals surface area contributed by atoms with Crippen LogP contribution in [0, 0.1) is 0 Å². The van der Waals surface area contributed by atoms with Crippen LogP contribution in [-0.4, -0.2) is 76.2 Å². The third kappa shape index (κ3) is 8.22. The van der Waals surface area contributed by atoms with E-state index in [2.05, 4.69) is 5.32 Å². The van der Waals surface area contributed by atoms with E-state index >= 15 is 0 Å². The number of ether oxygens (including phenoxy) is 1. The minimum Gasteiger partial charge on any atom is -0.494 e. The summed E-state index contributed by atoms with van der Waals surface area (Å²) in [6, 6.07) is 6.05. The number of hydrogen-bond donors (Lipinski definition) is 1. The van der Waals surface area contributed by atoms with Crippen LogP contribution in [0.25, 0.3) is 0 Å². The van der Waals surface area contributed by atoms with Crippen molar-refractivity contribution in [3.05, 3.63) is 24.3 Å². The zero-order chi connectivity index (χ0) is 22.0. The predicted molar refractivity (Wildman–Crippen MR) is 115 cm³/mol. The molecule has 1 fully saturated rings. The second kappa shape index (κ2) is 11.8. The molecule has 9 heteroatoms. The molecule has 0 bridgehead atoms. The number of benzene rings is 1. The summed E-state index contributed by atoms with van der Waals surface area (Å²) < 4.78 is 28.5. The molecule has 0 atom stereocenters. The Hall–Kier alpha value is -2.29. The lowest BCUT2D eigenvalue weighted by molar-refractivity contribution is -0.131. The molecule has 0 spiro atoms. The van der Waals surface area contributed by atoms with Crippen LogP contribution in [0.4, 0.5) is 4.79 Å². The van der Waals surface area contributed by atoms with E-state index in [1.54, 1.807) is 24.1 Å². The predicted octanol–water partition coefficient (Wildman–Crippen LogP) is 2.29. The summed E-state index contributed by atoms with van der Waals surface area (Å²) in [5.74, 6) is 0.691. The standard InChI is InChI=1S/C21H33N3O5S/c1-23(14-7-17-29-18-8-10-19(11-9-18)30(2,27)28)21(26)22-13-12-20(25)24-15-5-3-4-6-16-24/h8-11H,3-7,12-17H2,1-2H3,(H,22,26). The molecule has 1 aromatic rings. The Morgan fingerprint density at radius 1 is 1.10 bits per heavy atom. The molecule has 8 nitrogen and oxygen atoms in total. The van der Waals surface area contributed by atoms with Gasteiger partial charge in [-0.25, -0.2) is 13.2 Å². The summed E-state index contributed by atoms with van der Waals surface area (Å²) >= 11 is 0. The number of rotatable bonds is 9. The van der Waals surface area contributed by atoms with E-state index in [1.165, 1.54) is 25.0 Å². The lowest BCUT2D eigenvalue weighted by Crippen LogP contribution is -2.40. The summed E-state index contributed by atoms with van der Waals surface area (Å²) in [5, 5.41) is 2.79. The number of likely N-dealkylation sites (tertiary alicyclic amines) is 1. The first kappa shape index (κ1) is 24.0. The van der Waals surface area contributed by atoms with Gasteiger partial charge < -0.3 is 19.9 Å². The van der Waals surface area contributed by atoms with Crippen molar-refractivity contribution in [3.8, 4) is 5.75 Å². The monoisotopic (exact) mass is 439 g/mol. The van der Waals surface area contributed by atoms with Gasteiger partial charge in [0.1, 0.15) is 5.75 Å². The summed E-state index contributed by atoms with van der Waals surface area (Å²) in [5.41, 5.74) is 0. The van der Waals surface area contributed by atoms with Gasteiger partial charge >= 0.3 is 6.03 Å². The molecule has 1 aliphatic rings. The average Bonchev–Trinajstić information content (AvgIpc) is 3.00. The minimum absolute atomic E-state index is 0.107. The highest BCUT2D eigenvalue weighted by atomic mass is 32.2. The largest absolute Gasteiger partial charge is 0.494 e. The van der Waals surface area contributed by atoms with Crippen molar-refractivity contribution in [2.24, 2.45) is 0 Å². The fourth-order valence-electron chi connectivity index (χ4n) is 3.27. The van der Waals surface area contributed by atoms with E-state index in [0.717, 1.165) is 32.2 Å². The molecule has 0 unspecified atom stereocenters. The van der Waals surface area contributed by atoms with Gasteiger partial charge in [-0.2, -0.15) is 0 Å². The highest BCUT2D eigenvalue weighted by Gasteiger charge is 2.16. The van der Waals surface area contributed by atoms with E-state index in [-0.39, 0.29) is 16.8 Å². The van der Waals surface area contributed by atoms with Gasteiger partial charge in [-0.3, -0.25) is 4.79 Å². The van der Waals surface area contributed by atoms with Crippen LogP contribution in [0.5, 0.6) is 5.75 Å². The average molecular weight is 440 g/mol. The Kier molecular flexibility index (Phi) is 9.42. The number of nitrogens with one attached hydrogen (secondary N) is 1. The third-order valence-corrected chi connectivity index (χ3v) is 6.21. The lowest BCUT2D eigenvalue weighted by atomic mass is 10.2. The van der Waals surface area contributed by atoms with Crippen LogP contribution >= 0.6 is 0 Å². The molecule has 1 N–H and O–H groups in total. The van der Waals surface area contributed by atoms with Gasteiger partial charge in [-0.1, -0.05) is 12.8 Å². The van der Waals surface area contributed by atoms with E-state index in [9.17, 15) is 18.0 Å². The van der Waals surface area contributed by atoms with Gasteiger partial charge in [0.15, 0.2) is 9.84 Å². The third-order valence-electron chi connectivity index (χ3n) is 5.08. The van der Waals surface area contributed by atoms with Gasteiger partial charge in [-0.15, -0.1) is 0 Å². The quantitative estimate of drug-likeness (QED) is 0.596. The molecule has 30 heavy (non-hydrogen) atoms. The Morgan fingerprint density at radius 2 is 1.73 bits per heavy atom. The summed E-state index contributed by atoms with van der Waals surface area (Å²) in [6.07, 6.45) is 6.60. The molecule has 3 amide bonds. The number of carbonyl (C=O) groups excluding carboxylic acids is 2. The highest BCUT2D eigenvalue weighted by molar-refractivity contribution is 7.90. The van der Waals surface area contributed by atoms with Crippen molar-refractivity contribution in [1.82, 2.24) is 15.1 Å². The Labute approximate surface area is 179 Å². The Bertz CT molecular complexity index is 787. The van der Waals surface area contributed by atoms with E-state index in [0.29, 0.717) is 38.3 Å². The Morgan fingerprint density at radius 3 is 2.33 bits per heavy atom.